The molecule has 8 nitrogen and oxygen atoms in total. The van der Waals surface area contributed by atoms with Crippen molar-refractivity contribution in [3.05, 3.63) is 0 Å². The van der Waals surface area contributed by atoms with Gasteiger partial charge in [0.05, 0.1) is 18.8 Å². The van der Waals surface area contributed by atoms with E-state index in [2.05, 4.69) is 4.18 Å². The van der Waals surface area contributed by atoms with Crippen LogP contribution in [-0.4, -0.2) is 54.3 Å². The molecule has 9 heteroatoms. The molecule has 5 N–H and O–H groups in total. The topological polar surface area (TPSA) is 139 Å². The first-order valence-electron chi connectivity index (χ1n) is 4.19. The molecule has 3 unspecified atom stereocenters. The first-order valence-corrected chi connectivity index (χ1v) is 5.55. The van der Waals surface area contributed by atoms with Crippen molar-refractivity contribution in [3.8, 4) is 0 Å². The summed E-state index contributed by atoms with van der Waals surface area (Å²) >= 11 is 0. The minimum absolute atomic E-state index is 0.0332. The van der Waals surface area contributed by atoms with Gasteiger partial charge < -0.3 is 20.7 Å². The Kier molecular flexibility index (Phi) is 4.00. The van der Waals surface area contributed by atoms with Crippen LogP contribution in [0.1, 0.15) is 6.42 Å². The van der Waals surface area contributed by atoms with Gasteiger partial charge in [-0.05, 0) is 0 Å². The van der Waals surface area contributed by atoms with E-state index in [0.717, 1.165) is 0 Å². The van der Waals surface area contributed by atoms with Gasteiger partial charge in [-0.15, -0.1) is 0 Å². The summed E-state index contributed by atoms with van der Waals surface area (Å²) in [4.78, 5) is 0. The maximum atomic E-state index is 10.4. The third kappa shape index (κ3) is 3.65. The van der Waals surface area contributed by atoms with Gasteiger partial charge in [0.2, 0.25) is 0 Å². The number of aliphatic hydroxyl groups is 2. The third-order valence-corrected chi connectivity index (χ3v) is 2.52. The van der Waals surface area contributed by atoms with Crippen molar-refractivity contribution in [2.75, 3.05) is 6.61 Å². The Morgan fingerprint density at radius 2 is 2.13 bits per heavy atom. The fourth-order valence-electron chi connectivity index (χ4n) is 1.32. The van der Waals surface area contributed by atoms with Gasteiger partial charge in [0, 0.05) is 6.42 Å². The van der Waals surface area contributed by atoms with Gasteiger partial charge in [-0.3, -0.25) is 4.55 Å². The van der Waals surface area contributed by atoms with E-state index in [1.807, 2.05) is 0 Å². The number of nitrogens with two attached hydrogens (primary N) is 1. The van der Waals surface area contributed by atoms with Crippen molar-refractivity contribution in [2.24, 2.45) is 5.73 Å². The van der Waals surface area contributed by atoms with Gasteiger partial charge in [0.15, 0.2) is 6.29 Å². The number of hydrogen-bond acceptors (Lipinski definition) is 7. The Hall–Kier alpha value is -0.290. The molecule has 0 saturated carbocycles. The van der Waals surface area contributed by atoms with Crippen LogP contribution in [0.3, 0.4) is 0 Å². The molecule has 90 valence electrons. The molecule has 0 aromatic heterocycles. The highest BCUT2D eigenvalue weighted by Gasteiger charge is 2.38. The molecule has 0 bridgehead atoms. The summed E-state index contributed by atoms with van der Waals surface area (Å²) in [6, 6.07) is -1.10. The summed E-state index contributed by atoms with van der Waals surface area (Å²) in [5, 5.41) is 18.0. The average Bonchev–Trinajstić information content (AvgIpc) is 2.10. The van der Waals surface area contributed by atoms with Crippen LogP contribution in [0.2, 0.25) is 0 Å². The first-order chi connectivity index (χ1) is 6.83. The van der Waals surface area contributed by atoms with Crippen molar-refractivity contribution in [1.82, 2.24) is 0 Å². The highest BCUT2D eigenvalue weighted by molar-refractivity contribution is 7.80. The number of ether oxygens (including phenoxy) is 1. The Labute approximate surface area is 86.6 Å². The Morgan fingerprint density at radius 1 is 1.53 bits per heavy atom. The molecule has 1 rings (SSSR count). The molecule has 1 heterocycles. The van der Waals surface area contributed by atoms with E-state index in [1.165, 1.54) is 0 Å². The molecule has 0 spiro atoms. The second kappa shape index (κ2) is 4.70. The van der Waals surface area contributed by atoms with Crippen molar-refractivity contribution < 1.29 is 32.1 Å². The quantitative estimate of drug-likeness (QED) is 0.402. The minimum atomic E-state index is -4.64. The summed E-state index contributed by atoms with van der Waals surface area (Å²) in [7, 11) is -4.64. The molecule has 4 atom stereocenters. The smallest absolute Gasteiger partial charge is 0.394 e. The zero-order chi connectivity index (χ0) is 11.6. The molecule has 1 aliphatic rings. The fraction of sp³-hybridized carbons (Fsp3) is 1.00. The monoisotopic (exact) mass is 243 g/mol. The highest BCUT2D eigenvalue weighted by atomic mass is 32.3. The SMILES string of the molecule is NC1C(O)OC(CO)C[C@@H]1OS(=O)(=O)O. The maximum Gasteiger partial charge on any atom is 0.397 e. The second-order valence-corrected chi connectivity index (χ2v) is 4.25. The summed E-state index contributed by atoms with van der Waals surface area (Å²) in [6.07, 6.45) is -3.37. The lowest BCUT2D eigenvalue weighted by molar-refractivity contribution is -0.204. The van der Waals surface area contributed by atoms with E-state index in [-0.39, 0.29) is 6.42 Å². The number of aliphatic hydroxyl groups excluding tert-OH is 2. The Balaban J connectivity index is 2.69. The number of hydrogen-bond donors (Lipinski definition) is 4. The Morgan fingerprint density at radius 3 is 2.60 bits per heavy atom. The van der Waals surface area contributed by atoms with E-state index in [9.17, 15) is 13.5 Å². The third-order valence-electron chi connectivity index (χ3n) is 2.03. The van der Waals surface area contributed by atoms with Crippen LogP contribution in [0.15, 0.2) is 0 Å². The molecule has 0 aromatic carbocycles. The van der Waals surface area contributed by atoms with Crippen LogP contribution in [0, 0.1) is 0 Å². The van der Waals surface area contributed by atoms with Gasteiger partial charge in [-0.25, -0.2) is 4.18 Å². The average molecular weight is 243 g/mol. The van der Waals surface area contributed by atoms with Gasteiger partial charge in [0.25, 0.3) is 0 Å². The lowest BCUT2D eigenvalue weighted by Gasteiger charge is -2.35. The molecular formula is C6H13NO7S. The molecule has 1 fully saturated rings. The first kappa shape index (κ1) is 12.8. The van der Waals surface area contributed by atoms with Crippen LogP contribution in [0.25, 0.3) is 0 Å². The van der Waals surface area contributed by atoms with Gasteiger partial charge in [0.1, 0.15) is 6.10 Å². The van der Waals surface area contributed by atoms with Crippen LogP contribution in [0.5, 0.6) is 0 Å². The van der Waals surface area contributed by atoms with E-state index in [1.54, 1.807) is 0 Å². The van der Waals surface area contributed by atoms with Crippen LogP contribution >= 0.6 is 0 Å². The molecule has 0 radical (unpaired) electrons. The van der Waals surface area contributed by atoms with E-state index in [0.29, 0.717) is 0 Å². The van der Waals surface area contributed by atoms with E-state index >= 15 is 0 Å². The second-order valence-electron chi connectivity index (χ2n) is 3.21. The molecule has 1 saturated heterocycles. The zero-order valence-electron chi connectivity index (χ0n) is 7.68. The normalized spacial score (nSPS) is 37.9. The molecular weight excluding hydrogens is 230 g/mol. The number of rotatable bonds is 3. The maximum absolute atomic E-state index is 10.4. The summed E-state index contributed by atoms with van der Waals surface area (Å²) < 4.78 is 38.4. The standard InChI is InChI=1S/C6H13NO7S/c7-5-4(14-15(10,11)12)1-3(2-8)13-6(5)9/h3-6,8-9H,1-2,7H2,(H,10,11,12)/t3?,4-,5?,6?/m0/s1. The van der Waals surface area contributed by atoms with E-state index in [4.69, 9.17) is 20.1 Å². The van der Waals surface area contributed by atoms with Crippen LogP contribution in [-0.2, 0) is 19.3 Å². The summed E-state index contributed by atoms with van der Waals surface area (Å²) in [6.45, 7) is -0.408. The Bertz CT molecular complexity index is 305. The van der Waals surface area contributed by atoms with Gasteiger partial charge in [-0.1, -0.05) is 0 Å². The lowest BCUT2D eigenvalue weighted by Crippen LogP contribution is -2.55. The molecule has 1 aliphatic heterocycles. The van der Waals surface area contributed by atoms with Crippen molar-refractivity contribution in [1.29, 1.82) is 0 Å². The molecule has 0 amide bonds. The van der Waals surface area contributed by atoms with Gasteiger partial charge in [-0.2, -0.15) is 8.42 Å². The van der Waals surface area contributed by atoms with E-state index < -0.39 is 41.5 Å². The summed E-state index contributed by atoms with van der Waals surface area (Å²) in [5.41, 5.74) is 5.39. The van der Waals surface area contributed by atoms with Crippen molar-refractivity contribution in [2.45, 2.75) is 31.0 Å². The highest BCUT2D eigenvalue weighted by Crippen LogP contribution is 2.21. The van der Waals surface area contributed by atoms with Crippen LogP contribution in [0.4, 0.5) is 0 Å². The molecule has 15 heavy (non-hydrogen) atoms. The summed E-state index contributed by atoms with van der Waals surface area (Å²) in [5.74, 6) is 0. The lowest BCUT2D eigenvalue weighted by atomic mass is 10.0. The minimum Gasteiger partial charge on any atom is -0.394 e. The fourth-order valence-corrected chi connectivity index (χ4v) is 1.84. The van der Waals surface area contributed by atoms with Crippen molar-refractivity contribution in [3.63, 3.8) is 0 Å². The zero-order valence-corrected chi connectivity index (χ0v) is 8.50. The predicted octanol–water partition coefficient (Wildman–Crippen LogP) is -2.40. The molecule has 0 aliphatic carbocycles. The van der Waals surface area contributed by atoms with Gasteiger partial charge >= 0.3 is 10.4 Å². The predicted molar refractivity (Wildman–Crippen MR) is 47.0 cm³/mol. The largest absolute Gasteiger partial charge is 0.397 e. The molecule has 0 aromatic rings. The van der Waals surface area contributed by atoms with Crippen LogP contribution < -0.4 is 5.73 Å². The van der Waals surface area contributed by atoms with Crippen molar-refractivity contribution >= 4 is 10.4 Å².